The number of benzene rings is 2. The average Bonchev–Trinajstić information content (AvgIpc) is 2.54. The molecule has 2 aromatic rings. The van der Waals surface area contributed by atoms with Gasteiger partial charge in [-0.25, -0.2) is 0 Å². The summed E-state index contributed by atoms with van der Waals surface area (Å²) in [6.45, 7) is 2.45. The van der Waals surface area contributed by atoms with Crippen molar-refractivity contribution in [3.8, 4) is 0 Å². The second kappa shape index (κ2) is 6.31. The molecule has 0 aromatic heterocycles. The second-order valence-corrected chi connectivity index (χ2v) is 5.81. The summed E-state index contributed by atoms with van der Waals surface area (Å²) in [6.07, 6.45) is 2.92. The minimum absolute atomic E-state index is 0.248. The van der Waals surface area contributed by atoms with Crippen LogP contribution in [-0.2, 0) is 12.8 Å². The van der Waals surface area contributed by atoms with Gasteiger partial charge in [-0.1, -0.05) is 55.5 Å². The lowest BCUT2D eigenvalue weighted by atomic mass is 9.81. The zero-order valence-electron chi connectivity index (χ0n) is 12.5. The molecule has 1 heterocycles. The third-order valence-electron chi connectivity index (χ3n) is 4.53. The largest absolute Gasteiger partial charge is 0.396 e. The molecule has 0 saturated heterocycles. The van der Waals surface area contributed by atoms with Crippen molar-refractivity contribution < 1.29 is 5.11 Å². The summed E-state index contributed by atoms with van der Waals surface area (Å²) < 4.78 is 0. The fourth-order valence-electron chi connectivity index (χ4n) is 3.43. The number of rotatable bonds is 4. The standard InChI is InChI=1S/C19H23NO/c1-2-14-9-6-10-16-13-17(11-12-21)19(20-18(14)16)15-7-4-3-5-8-15/h3-10,17,19-21H,2,11-13H2,1H3. The van der Waals surface area contributed by atoms with Gasteiger partial charge >= 0.3 is 0 Å². The number of hydrogen-bond donors (Lipinski definition) is 2. The van der Waals surface area contributed by atoms with Crippen LogP contribution in [0, 0.1) is 5.92 Å². The first-order chi connectivity index (χ1) is 10.3. The topological polar surface area (TPSA) is 32.3 Å². The van der Waals surface area contributed by atoms with Gasteiger partial charge in [-0.3, -0.25) is 0 Å². The van der Waals surface area contributed by atoms with E-state index in [1.54, 1.807) is 0 Å². The zero-order valence-corrected chi connectivity index (χ0v) is 12.5. The normalized spacial score (nSPS) is 20.7. The highest BCUT2D eigenvalue weighted by molar-refractivity contribution is 5.61. The molecule has 2 atom stereocenters. The summed E-state index contributed by atoms with van der Waals surface area (Å²) in [5.41, 5.74) is 5.39. The van der Waals surface area contributed by atoms with E-state index in [-0.39, 0.29) is 6.61 Å². The predicted octanol–water partition coefficient (Wildman–Crippen LogP) is 3.96. The first-order valence-electron chi connectivity index (χ1n) is 7.86. The molecule has 0 aliphatic carbocycles. The highest BCUT2D eigenvalue weighted by atomic mass is 16.3. The number of hydrogen-bond acceptors (Lipinski definition) is 2. The van der Waals surface area contributed by atoms with Crippen molar-refractivity contribution in [3.05, 3.63) is 65.2 Å². The molecular formula is C19H23NO. The Kier molecular flexibility index (Phi) is 4.26. The van der Waals surface area contributed by atoms with Crippen LogP contribution >= 0.6 is 0 Å². The second-order valence-electron chi connectivity index (χ2n) is 5.81. The number of nitrogens with one attached hydrogen (secondary N) is 1. The molecule has 0 bridgehead atoms. The van der Waals surface area contributed by atoms with Crippen molar-refractivity contribution in [2.45, 2.75) is 32.2 Å². The molecule has 2 nitrogen and oxygen atoms in total. The lowest BCUT2D eigenvalue weighted by molar-refractivity contribution is 0.243. The Morgan fingerprint density at radius 1 is 1.10 bits per heavy atom. The van der Waals surface area contributed by atoms with Gasteiger partial charge in [0.1, 0.15) is 0 Å². The molecule has 0 radical (unpaired) electrons. The molecule has 0 amide bonds. The van der Waals surface area contributed by atoms with Gasteiger partial charge in [0.05, 0.1) is 6.04 Å². The van der Waals surface area contributed by atoms with Crippen molar-refractivity contribution in [1.29, 1.82) is 0 Å². The van der Waals surface area contributed by atoms with Gasteiger partial charge in [0.2, 0.25) is 0 Å². The minimum Gasteiger partial charge on any atom is -0.396 e. The maximum absolute atomic E-state index is 9.40. The SMILES string of the molecule is CCc1cccc2c1NC(c1ccccc1)C(CCO)C2. The molecule has 2 unspecified atom stereocenters. The van der Waals surface area contributed by atoms with Crippen LogP contribution in [0.1, 0.15) is 36.1 Å². The van der Waals surface area contributed by atoms with Crippen molar-refractivity contribution in [2.75, 3.05) is 11.9 Å². The van der Waals surface area contributed by atoms with E-state index in [9.17, 15) is 5.11 Å². The summed E-state index contributed by atoms with van der Waals surface area (Å²) in [5, 5.41) is 13.2. The van der Waals surface area contributed by atoms with Gasteiger partial charge in [0.15, 0.2) is 0 Å². The zero-order chi connectivity index (χ0) is 14.7. The highest BCUT2D eigenvalue weighted by Gasteiger charge is 2.29. The van der Waals surface area contributed by atoms with E-state index in [1.165, 1.54) is 22.4 Å². The Bertz CT molecular complexity index is 594. The number of aliphatic hydroxyl groups is 1. The maximum Gasteiger partial charge on any atom is 0.0546 e. The van der Waals surface area contributed by atoms with Gasteiger partial charge in [-0.15, -0.1) is 0 Å². The molecule has 0 saturated carbocycles. The van der Waals surface area contributed by atoms with Crippen LogP contribution in [0.15, 0.2) is 48.5 Å². The first kappa shape index (κ1) is 14.2. The van der Waals surface area contributed by atoms with Crippen LogP contribution in [0.5, 0.6) is 0 Å². The monoisotopic (exact) mass is 281 g/mol. The minimum atomic E-state index is 0.248. The van der Waals surface area contributed by atoms with Crippen molar-refractivity contribution in [2.24, 2.45) is 5.92 Å². The molecule has 3 rings (SSSR count). The average molecular weight is 281 g/mol. The molecule has 1 aliphatic heterocycles. The van der Waals surface area contributed by atoms with Gasteiger partial charge in [0.25, 0.3) is 0 Å². The first-order valence-corrected chi connectivity index (χ1v) is 7.86. The van der Waals surface area contributed by atoms with Gasteiger partial charge in [-0.05, 0) is 41.9 Å². The third-order valence-corrected chi connectivity index (χ3v) is 4.53. The van der Waals surface area contributed by atoms with E-state index >= 15 is 0 Å². The van der Waals surface area contributed by atoms with E-state index in [2.05, 4.69) is 60.8 Å². The van der Waals surface area contributed by atoms with Crippen LogP contribution in [0.25, 0.3) is 0 Å². The van der Waals surface area contributed by atoms with E-state index in [1.807, 2.05) is 0 Å². The lowest BCUT2D eigenvalue weighted by Crippen LogP contribution is -2.29. The molecule has 0 spiro atoms. The van der Waals surface area contributed by atoms with Gasteiger partial charge in [-0.2, -0.15) is 0 Å². The van der Waals surface area contributed by atoms with Crippen LogP contribution in [-0.4, -0.2) is 11.7 Å². The summed E-state index contributed by atoms with van der Waals surface area (Å²) in [7, 11) is 0. The third kappa shape index (κ3) is 2.81. The molecule has 21 heavy (non-hydrogen) atoms. The fraction of sp³-hybridized carbons (Fsp3) is 0.368. The van der Waals surface area contributed by atoms with E-state index in [0.717, 1.165) is 19.3 Å². The number of fused-ring (bicyclic) bond motifs is 1. The maximum atomic E-state index is 9.40. The van der Waals surface area contributed by atoms with E-state index < -0.39 is 0 Å². The molecule has 2 N–H and O–H groups in total. The molecular weight excluding hydrogens is 258 g/mol. The Hall–Kier alpha value is -1.80. The number of para-hydroxylation sites is 1. The van der Waals surface area contributed by atoms with Crippen LogP contribution in [0.2, 0.25) is 0 Å². The number of aryl methyl sites for hydroxylation is 1. The predicted molar refractivity (Wildman–Crippen MR) is 87.5 cm³/mol. The van der Waals surface area contributed by atoms with E-state index in [4.69, 9.17) is 0 Å². The smallest absolute Gasteiger partial charge is 0.0546 e. The highest BCUT2D eigenvalue weighted by Crippen LogP contribution is 2.39. The van der Waals surface area contributed by atoms with Gasteiger partial charge < -0.3 is 10.4 Å². The Morgan fingerprint density at radius 2 is 1.90 bits per heavy atom. The molecule has 2 aromatic carbocycles. The molecule has 0 fully saturated rings. The fourth-order valence-corrected chi connectivity index (χ4v) is 3.43. The summed E-state index contributed by atoms with van der Waals surface area (Å²) in [4.78, 5) is 0. The lowest BCUT2D eigenvalue weighted by Gasteiger charge is -2.36. The van der Waals surface area contributed by atoms with Crippen LogP contribution < -0.4 is 5.32 Å². The summed E-state index contributed by atoms with van der Waals surface area (Å²) in [5.74, 6) is 0.442. The van der Waals surface area contributed by atoms with Crippen LogP contribution in [0.3, 0.4) is 0 Å². The molecule has 2 heteroatoms. The van der Waals surface area contributed by atoms with Crippen molar-refractivity contribution in [3.63, 3.8) is 0 Å². The van der Waals surface area contributed by atoms with Crippen LogP contribution in [0.4, 0.5) is 5.69 Å². The van der Waals surface area contributed by atoms with Crippen molar-refractivity contribution >= 4 is 5.69 Å². The number of aliphatic hydroxyl groups excluding tert-OH is 1. The summed E-state index contributed by atoms with van der Waals surface area (Å²) in [6, 6.07) is 17.5. The number of anilines is 1. The molecule has 110 valence electrons. The van der Waals surface area contributed by atoms with Crippen molar-refractivity contribution in [1.82, 2.24) is 0 Å². The Balaban J connectivity index is 1.99. The summed E-state index contributed by atoms with van der Waals surface area (Å²) >= 11 is 0. The molecule has 1 aliphatic rings. The Morgan fingerprint density at radius 3 is 2.62 bits per heavy atom. The Labute approximate surface area is 126 Å². The van der Waals surface area contributed by atoms with E-state index in [0.29, 0.717) is 12.0 Å². The van der Waals surface area contributed by atoms with Gasteiger partial charge in [0, 0.05) is 12.3 Å². The quantitative estimate of drug-likeness (QED) is 0.889.